The van der Waals surface area contributed by atoms with Crippen molar-refractivity contribution in [3.05, 3.63) is 24.3 Å². The van der Waals surface area contributed by atoms with Gasteiger partial charge in [-0.2, -0.15) is 0 Å². The Morgan fingerprint density at radius 3 is 1.65 bits per heavy atom. The van der Waals surface area contributed by atoms with Gasteiger partial charge in [0.05, 0.1) is 6.61 Å². The smallest absolute Gasteiger partial charge is 0.462 e. The van der Waals surface area contributed by atoms with Crippen LogP contribution in [0.5, 0.6) is 0 Å². The molecule has 0 aromatic carbocycles. The fraction of sp³-hybridized carbons (Fsp3) is 0.833. The number of rotatable bonds is 38. The number of ketones is 1. The highest BCUT2D eigenvalue weighted by Gasteiger charge is 2.23. The molecule has 0 saturated heterocycles. The molecule has 0 aromatic heterocycles. The van der Waals surface area contributed by atoms with Crippen LogP contribution in [0.3, 0.4) is 0 Å². The summed E-state index contributed by atoms with van der Waals surface area (Å²) < 4.78 is 26.3. The van der Waals surface area contributed by atoms with Gasteiger partial charge in [0, 0.05) is 19.3 Å². The molecule has 0 aliphatic heterocycles. The second kappa shape index (κ2) is 36.2. The number of esters is 2. The molecule has 0 saturated carbocycles. The van der Waals surface area contributed by atoms with Crippen molar-refractivity contribution < 1.29 is 42.7 Å². The van der Waals surface area contributed by atoms with Crippen molar-refractivity contribution in [2.45, 2.75) is 207 Å². The molecule has 0 aromatic rings. The van der Waals surface area contributed by atoms with Crippen LogP contribution in [0.4, 0.5) is 0 Å². The molecular formula is C42H77O9P. The number of unbranched alkanes of at least 4 members (excludes halogenated alkanes) is 20. The summed E-state index contributed by atoms with van der Waals surface area (Å²) in [6.45, 7) is 5.89. The highest BCUT2D eigenvalue weighted by Crippen LogP contribution is 2.36. The van der Waals surface area contributed by atoms with Crippen LogP contribution >= 0.6 is 7.82 Å². The molecule has 0 heterocycles. The van der Waals surface area contributed by atoms with E-state index in [0.29, 0.717) is 19.3 Å². The molecule has 0 rings (SSSR count). The Hall–Kier alpha value is -1.80. The lowest BCUT2D eigenvalue weighted by Gasteiger charge is -2.18. The number of carbonyl (C=O) groups excluding carboxylic acids is 3. The Morgan fingerprint density at radius 1 is 0.615 bits per heavy atom. The molecule has 0 aliphatic rings. The van der Waals surface area contributed by atoms with Crippen LogP contribution in [0.2, 0.25) is 0 Å². The van der Waals surface area contributed by atoms with Gasteiger partial charge in [-0.15, -0.1) is 0 Å². The molecular weight excluding hydrogens is 679 g/mol. The summed E-state index contributed by atoms with van der Waals surface area (Å²) in [5, 5.41) is 0. The zero-order valence-electron chi connectivity index (χ0n) is 33.4. The molecule has 2 N–H and O–H groups in total. The number of phosphoric ester groups is 1. The normalized spacial score (nSPS) is 13.2. The lowest BCUT2D eigenvalue weighted by Crippen LogP contribution is -2.29. The third kappa shape index (κ3) is 37.9. The first kappa shape index (κ1) is 50.2. The molecule has 0 fully saturated rings. The average molecular weight is 757 g/mol. The van der Waals surface area contributed by atoms with Gasteiger partial charge < -0.3 is 19.3 Å². The zero-order chi connectivity index (χ0) is 38.5. The number of hydrogen-bond donors (Lipinski definition) is 2. The minimum atomic E-state index is -4.77. The van der Waals surface area contributed by atoms with Crippen LogP contribution < -0.4 is 0 Å². The second-order valence-electron chi connectivity index (χ2n) is 14.6. The van der Waals surface area contributed by atoms with Crippen molar-refractivity contribution >= 4 is 25.5 Å². The molecule has 2 atom stereocenters. The van der Waals surface area contributed by atoms with Gasteiger partial charge in [0.1, 0.15) is 6.61 Å². The van der Waals surface area contributed by atoms with E-state index in [1.165, 1.54) is 83.5 Å². The lowest BCUT2D eigenvalue weighted by atomic mass is 9.99. The third-order valence-corrected chi connectivity index (χ3v) is 9.97. The van der Waals surface area contributed by atoms with Gasteiger partial charge in [-0.3, -0.25) is 18.9 Å². The van der Waals surface area contributed by atoms with Crippen molar-refractivity contribution in [3.63, 3.8) is 0 Å². The van der Waals surface area contributed by atoms with E-state index in [1.54, 1.807) is 6.08 Å². The number of phosphoric acid groups is 1. The van der Waals surface area contributed by atoms with E-state index < -0.39 is 32.5 Å². The molecule has 304 valence electrons. The molecule has 1 unspecified atom stereocenters. The minimum absolute atomic E-state index is 0.163. The van der Waals surface area contributed by atoms with E-state index in [9.17, 15) is 18.9 Å². The monoisotopic (exact) mass is 757 g/mol. The van der Waals surface area contributed by atoms with Crippen LogP contribution in [0.25, 0.3) is 0 Å². The van der Waals surface area contributed by atoms with Gasteiger partial charge in [-0.25, -0.2) is 4.57 Å². The summed E-state index contributed by atoms with van der Waals surface area (Å²) in [5.41, 5.74) is 0. The standard InChI is InChI=1S/C42H77O9P/c1-4-6-26-32-39(43)33-28-23-19-15-13-17-21-25-30-35-42(45)51-40(37-50-52(46,47)48)36-49-41(44)34-29-24-20-16-12-10-8-7-9-11-14-18-22-27-31-38(3)5-2/h19,23,28,33,38,40H,4-18,20-22,24-27,29-32,34-37H2,1-3H3,(H2,46,47,48)/b23-19-,33-28+/t38?,40-/m1/s1. The summed E-state index contributed by atoms with van der Waals surface area (Å²) in [6.07, 6.45) is 35.9. The topological polar surface area (TPSA) is 136 Å². The van der Waals surface area contributed by atoms with Crippen LogP contribution in [0.1, 0.15) is 201 Å². The van der Waals surface area contributed by atoms with Crippen LogP contribution in [-0.2, 0) is 32.9 Å². The van der Waals surface area contributed by atoms with Gasteiger partial charge >= 0.3 is 19.8 Å². The number of carbonyl (C=O) groups is 3. The molecule has 10 heteroatoms. The SMILES string of the molecule is CCCCCC(=O)/C=C/C=C\CCCCCCCC(=O)O[C@H](COC(=O)CCCCCCCCCCCCCCCCC(C)CC)COP(=O)(O)O. The first-order chi connectivity index (χ1) is 25.1. The first-order valence-corrected chi connectivity index (χ1v) is 22.5. The summed E-state index contributed by atoms with van der Waals surface area (Å²) >= 11 is 0. The van der Waals surface area contributed by atoms with E-state index in [1.807, 2.05) is 12.2 Å². The third-order valence-electron chi connectivity index (χ3n) is 9.49. The van der Waals surface area contributed by atoms with Crippen molar-refractivity contribution in [3.8, 4) is 0 Å². The van der Waals surface area contributed by atoms with Gasteiger partial charge in [0.25, 0.3) is 0 Å². The maximum absolute atomic E-state index is 12.4. The molecule has 52 heavy (non-hydrogen) atoms. The van der Waals surface area contributed by atoms with Crippen molar-refractivity contribution in [2.75, 3.05) is 13.2 Å². The molecule has 0 bridgehead atoms. The summed E-state index contributed by atoms with van der Waals surface area (Å²) in [6, 6.07) is 0. The van der Waals surface area contributed by atoms with E-state index in [4.69, 9.17) is 19.3 Å². The van der Waals surface area contributed by atoms with Crippen molar-refractivity contribution in [1.29, 1.82) is 0 Å². The van der Waals surface area contributed by atoms with E-state index >= 15 is 0 Å². The molecule has 9 nitrogen and oxygen atoms in total. The molecule has 0 aliphatic carbocycles. The maximum Gasteiger partial charge on any atom is 0.469 e. The predicted molar refractivity (Wildman–Crippen MR) is 212 cm³/mol. The number of ether oxygens (including phenoxy) is 2. The summed E-state index contributed by atoms with van der Waals surface area (Å²) in [7, 11) is -4.77. The first-order valence-electron chi connectivity index (χ1n) is 21.0. The van der Waals surface area contributed by atoms with Crippen molar-refractivity contribution in [1.82, 2.24) is 0 Å². The predicted octanol–water partition coefficient (Wildman–Crippen LogP) is 11.8. The Labute approximate surface area is 317 Å². The van der Waals surface area contributed by atoms with Gasteiger partial charge in [0.2, 0.25) is 0 Å². The highest BCUT2D eigenvalue weighted by molar-refractivity contribution is 7.46. The minimum Gasteiger partial charge on any atom is -0.462 e. The van der Waals surface area contributed by atoms with E-state index in [2.05, 4.69) is 31.4 Å². The molecule has 0 amide bonds. The van der Waals surface area contributed by atoms with Crippen LogP contribution in [0, 0.1) is 5.92 Å². The van der Waals surface area contributed by atoms with E-state index in [0.717, 1.165) is 70.1 Å². The quantitative estimate of drug-likeness (QED) is 0.0207. The molecule has 0 radical (unpaired) electrons. The fourth-order valence-electron chi connectivity index (χ4n) is 5.92. The zero-order valence-corrected chi connectivity index (χ0v) is 34.3. The van der Waals surface area contributed by atoms with Crippen LogP contribution in [-0.4, -0.2) is 46.8 Å². The van der Waals surface area contributed by atoms with Gasteiger partial charge in [0.15, 0.2) is 11.9 Å². The largest absolute Gasteiger partial charge is 0.469 e. The highest BCUT2D eigenvalue weighted by atomic mass is 31.2. The Kier molecular flexibility index (Phi) is 34.9. The fourth-order valence-corrected chi connectivity index (χ4v) is 6.28. The van der Waals surface area contributed by atoms with Gasteiger partial charge in [-0.05, 0) is 44.1 Å². The lowest BCUT2D eigenvalue weighted by molar-refractivity contribution is -0.161. The number of allylic oxidation sites excluding steroid dienone is 4. The van der Waals surface area contributed by atoms with Crippen LogP contribution in [0.15, 0.2) is 24.3 Å². The maximum atomic E-state index is 12.4. The second-order valence-corrected chi connectivity index (χ2v) is 15.8. The summed E-state index contributed by atoms with van der Waals surface area (Å²) in [4.78, 5) is 54.5. The van der Waals surface area contributed by atoms with E-state index in [-0.39, 0.29) is 25.2 Å². The Morgan fingerprint density at radius 2 is 1.12 bits per heavy atom. The Bertz CT molecular complexity index is 975. The molecule has 0 spiro atoms. The summed E-state index contributed by atoms with van der Waals surface area (Å²) in [5.74, 6) is 0.110. The average Bonchev–Trinajstić information content (AvgIpc) is 3.11. The number of hydrogen-bond acceptors (Lipinski definition) is 7. The van der Waals surface area contributed by atoms with Gasteiger partial charge in [-0.1, -0.05) is 167 Å². The van der Waals surface area contributed by atoms with Crippen molar-refractivity contribution in [2.24, 2.45) is 5.92 Å². The Balaban J connectivity index is 3.96.